The molecule has 1 aliphatic carbocycles. The van der Waals surface area contributed by atoms with Gasteiger partial charge in [-0.1, -0.05) is 30.3 Å². The van der Waals surface area contributed by atoms with Crippen LogP contribution in [0.2, 0.25) is 0 Å². The van der Waals surface area contributed by atoms with Crippen molar-refractivity contribution < 1.29 is 0 Å². The Morgan fingerprint density at radius 2 is 1.81 bits per heavy atom. The molecule has 3 heterocycles. The smallest absolute Gasteiger partial charge is 0.179 e. The van der Waals surface area contributed by atoms with Gasteiger partial charge in [0.25, 0.3) is 0 Å². The van der Waals surface area contributed by atoms with E-state index < -0.39 is 0 Å². The molecule has 0 saturated heterocycles. The maximum Gasteiger partial charge on any atom is 0.179 e. The van der Waals surface area contributed by atoms with Crippen LogP contribution in [0.15, 0.2) is 66.9 Å². The van der Waals surface area contributed by atoms with Crippen LogP contribution in [0.1, 0.15) is 25.0 Å². The molecule has 158 valence electrons. The Morgan fingerprint density at radius 3 is 2.50 bits per heavy atom. The van der Waals surface area contributed by atoms with Crippen LogP contribution < -0.4 is 5.32 Å². The zero-order valence-corrected chi connectivity index (χ0v) is 17.8. The standard InChI is InChI=1S/C25H23N7/c1-16-14-21(31-30-16)23-26-15-22-25(29-23)32(24(28-22)17-6-3-2-4-7-17)20-12-10-19(11-13-20)27-18-8-5-9-18/h2-4,6-7,10-15,18,27H,5,8-9H2,1H3,(H,30,31). The van der Waals surface area contributed by atoms with Crippen molar-refractivity contribution in [2.45, 2.75) is 32.2 Å². The average molecular weight is 422 g/mol. The van der Waals surface area contributed by atoms with E-state index in [1.807, 2.05) is 31.2 Å². The lowest BCUT2D eigenvalue weighted by Crippen LogP contribution is -2.26. The molecule has 1 fully saturated rings. The van der Waals surface area contributed by atoms with Crippen LogP contribution in [-0.2, 0) is 0 Å². The van der Waals surface area contributed by atoms with Crippen molar-refractivity contribution in [3.05, 3.63) is 72.6 Å². The van der Waals surface area contributed by atoms with E-state index in [0.29, 0.717) is 11.9 Å². The lowest BCUT2D eigenvalue weighted by Gasteiger charge is -2.27. The molecule has 1 saturated carbocycles. The summed E-state index contributed by atoms with van der Waals surface area (Å²) in [5, 5.41) is 10.8. The van der Waals surface area contributed by atoms with E-state index in [1.165, 1.54) is 19.3 Å². The minimum Gasteiger partial charge on any atom is -0.382 e. The maximum absolute atomic E-state index is 4.89. The summed E-state index contributed by atoms with van der Waals surface area (Å²) in [5.74, 6) is 1.44. The number of hydrogen-bond acceptors (Lipinski definition) is 5. The molecular formula is C25H23N7. The highest BCUT2D eigenvalue weighted by atomic mass is 15.2. The molecule has 0 spiro atoms. The first kappa shape index (κ1) is 18.7. The molecular weight excluding hydrogens is 398 g/mol. The second-order valence-electron chi connectivity index (χ2n) is 8.28. The molecule has 3 aromatic heterocycles. The zero-order chi connectivity index (χ0) is 21.5. The summed E-state index contributed by atoms with van der Waals surface area (Å²) in [7, 11) is 0. The van der Waals surface area contributed by atoms with Crippen molar-refractivity contribution in [1.29, 1.82) is 0 Å². The third kappa shape index (κ3) is 3.32. The molecule has 0 radical (unpaired) electrons. The number of nitrogens with zero attached hydrogens (tertiary/aromatic N) is 5. The van der Waals surface area contributed by atoms with Gasteiger partial charge in [0.1, 0.15) is 17.0 Å². The van der Waals surface area contributed by atoms with Gasteiger partial charge in [-0.3, -0.25) is 9.67 Å². The van der Waals surface area contributed by atoms with Crippen molar-refractivity contribution in [3.8, 4) is 28.6 Å². The van der Waals surface area contributed by atoms with Gasteiger partial charge in [0.15, 0.2) is 11.5 Å². The number of imidazole rings is 1. The van der Waals surface area contributed by atoms with Gasteiger partial charge in [0, 0.05) is 23.0 Å². The highest BCUT2D eigenvalue weighted by Gasteiger charge is 2.19. The van der Waals surface area contributed by atoms with Crippen LogP contribution in [0, 0.1) is 6.92 Å². The molecule has 32 heavy (non-hydrogen) atoms. The number of aromatic nitrogens is 6. The predicted octanol–water partition coefficient (Wildman–Crippen LogP) is 5.15. The van der Waals surface area contributed by atoms with Crippen LogP contribution in [0.3, 0.4) is 0 Å². The summed E-state index contributed by atoms with van der Waals surface area (Å²) in [4.78, 5) is 14.3. The molecule has 0 unspecified atom stereocenters. The van der Waals surface area contributed by atoms with E-state index >= 15 is 0 Å². The van der Waals surface area contributed by atoms with Crippen molar-refractivity contribution in [1.82, 2.24) is 29.7 Å². The second kappa shape index (κ2) is 7.60. The third-order valence-electron chi connectivity index (χ3n) is 5.98. The molecule has 0 aliphatic heterocycles. The summed E-state index contributed by atoms with van der Waals surface area (Å²) in [6.45, 7) is 1.94. The number of aryl methyl sites for hydroxylation is 1. The molecule has 0 bridgehead atoms. The van der Waals surface area contributed by atoms with Crippen LogP contribution in [-0.4, -0.2) is 35.8 Å². The van der Waals surface area contributed by atoms with Crippen molar-refractivity contribution >= 4 is 16.9 Å². The number of nitrogens with one attached hydrogen (secondary N) is 2. The van der Waals surface area contributed by atoms with Gasteiger partial charge in [0.2, 0.25) is 0 Å². The minimum atomic E-state index is 0.599. The largest absolute Gasteiger partial charge is 0.382 e. The fourth-order valence-electron chi connectivity index (χ4n) is 4.06. The summed E-state index contributed by atoms with van der Waals surface area (Å²) >= 11 is 0. The van der Waals surface area contributed by atoms with Crippen molar-refractivity contribution in [2.75, 3.05) is 5.32 Å². The fraction of sp³-hybridized carbons (Fsp3) is 0.200. The predicted molar refractivity (Wildman–Crippen MR) is 126 cm³/mol. The lowest BCUT2D eigenvalue weighted by atomic mass is 9.93. The van der Waals surface area contributed by atoms with Gasteiger partial charge in [-0.05, 0) is 56.5 Å². The minimum absolute atomic E-state index is 0.599. The number of benzene rings is 2. The van der Waals surface area contributed by atoms with Crippen LogP contribution in [0.5, 0.6) is 0 Å². The first-order valence-electron chi connectivity index (χ1n) is 10.9. The maximum atomic E-state index is 4.89. The Kier molecular flexibility index (Phi) is 4.45. The summed E-state index contributed by atoms with van der Waals surface area (Å²) in [6, 6.07) is 21.2. The quantitative estimate of drug-likeness (QED) is 0.410. The molecule has 2 N–H and O–H groups in total. The Bertz CT molecular complexity index is 1380. The number of H-pyrrole nitrogens is 1. The number of anilines is 1. The molecule has 7 nitrogen and oxygen atoms in total. The Hall–Kier alpha value is -4.00. The highest BCUT2D eigenvalue weighted by molar-refractivity contribution is 5.81. The third-order valence-corrected chi connectivity index (χ3v) is 5.98. The number of rotatable bonds is 5. The second-order valence-corrected chi connectivity index (χ2v) is 8.28. The van der Waals surface area contributed by atoms with E-state index in [1.54, 1.807) is 6.20 Å². The fourth-order valence-corrected chi connectivity index (χ4v) is 4.06. The Morgan fingerprint density at radius 1 is 1.00 bits per heavy atom. The van der Waals surface area contributed by atoms with Crippen LogP contribution in [0.4, 0.5) is 5.69 Å². The Labute approximate surface area is 185 Å². The molecule has 0 amide bonds. The van der Waals surface area contributed by atoms with Gasteiger partial charge in [-0.25, -0.2) is 15.0 Å². The van der Waals surface area contributed by atoms with Gasteiger partial charge in [0.05, 0.1) is 11.9 Å². The van der Waals surface area contributed by atoms with E-state index in [-0.39, 0.29) is 0 Å². The average Bonchev–Trinajstić information content (AvgIpc) is 3.40. The first-order chi connectivity index (χ1) is 15.7. The molecule has 2 aromatic carbocycles. The van der Waals surface area contributed by atoms with E-state index in [9.17, 15) is 0 Å². The van der Waals surface area contributed by atoms with Crippen LogP contribution in [0.25, 0.3) is 39.8 Å². The normalized spacial score (nSPS) is 13.9. The van der Waals surface area contributed by atoms with E-state index in [4.69, 9.17) is 9.97 Å². The van der Waals surface area contributed by atoms with Gasteiger partial charge < -0.3 is 5.32 Å². The molecule has 0 atom stereocenters. The van der Waals surface area contributed by atoms with E-state index in [0.717, 1.165) is 45.3 Å². The first-order valence-corrected chi connectivity index (χ1v) is 10.9. The van der Waals surface area contributed by atoms with Gasteiger partial charge in [-0.2, -0.15) is 5.10 Å². The van der Waals surface area contributed by atoms with Gasteiger partial charge >= 0.3 is 0 Å². The van der Waals surface area contributed by atoms with E-state index in [2.05, 4.69) is 61.5 Å². The number of hydrogen-bond donors (Lipinski definition) is 2. The molecule has 5 aromatic rings. The van der Waals surface area contributed by atoms with Gasteiger partial charge in [-0.15, -0.1) is 0 Å². The number of fused-ring (bicyclic) bond motifs is 1. The number of aromatic amines is 1. The monoisotopic (exact) mass is 421 g/mol. The zero-order valence-electron chi connectivity index (χ0n) is 17.8. The lowest BCUT2D eigenvalue weighted by molar-refractivity contribution is 0.445. The summed E-state index contributed by atoms with van der Waals surface area (Å²) in [6.07, 6.45) is 5.59. The van der Waals surface area contributed by atoms with Crippen molar-refractivity contribution in [3.63, 3.8) is 0 Å². The van der Waals surface area contributed by atoms with Crippen LogP contribution >= 0.6 is 0 Å². The SMILES string of the molecule is Cc1cc(-c2ncc3nc(-c4ccccc4)n(-c4ccc(NC5CCC5)cc4)c3n2)[nH]n1. The molecule has 1 aliphatic rings. The topological polar surface area (TPSA) is 84.3 Å². The summed E-state index contributed by atoms with van der Waals surface area (Å²) < 4.78 is 2.10. The summed E-state index contributed by atoms with van der Waals surface area (Å²) in [5.41, 5.74) is 6.39. The van der Waals surface area contributed by atoms with Crippen molar-refractivity contribution in [2.24, 2.45) is 0 Å². The molecule has 6 rings (SSSR count). The Balaban J connectivity index is 1.50. The highest BCUT2D eigenvalue weighted by Crippen LogP contribution is 2.30. The molecule has 7 heteroatoms.